The van der Waals surface area contributed by atoms with Gasteiger partial charge in [0.2, 0.25) is 0 Å². The molecule has 0 spiro atoms. The van der Waals surface area contributed by atoms with Gasteiger partial charge < -0.3 is 10.1 Å². The van der Waals surface area contributed by atoms with Crippen LogP contribution in [0.2, 0.25) is 5.02 Å². The third-order valence-corrected chi connectivity index (χ3v) is 3.35. The third kappa shape index (κ3) is 4.20. The summed E-state index contributed by atoms with van der Waals surface area (Å²) in [6.45, 7) is 1.18. The van der Waals surface area contributed by atoms with Crippen LogP contribution in [0.25, 0.3) is 0 Å². The van der Waals surface area contributed by atoms with Crippen molar-refractivity contribution in [3.8, 4) is 5.75 Å². The highest BCUT2D eigenvalue weighted by molar-refractivity contribution is 9.10. The summed E-state index contributed by atoms with van der Waals surface area (Å²) in [5, 5.41) is 3.75. The topological polar surface area (TPSA) is 34.1 Å². The van der Waals surface area contributed by atoms with Crippen LogP contribution in [0.4, 0.5) is 0 Å². The molecule has 0 unspecified atom stereocenters. The van der Waals surface area contributed by atoms with Crippen LogP contribution in [0.1, 0.15) is 11.4 Å². The summed E-state index contributed by atoms with van der Waals surface area (Å²) in [5.41, 5.74) is 1.90. The number of pyridine rings is 1. The molecule has 0 aliphatic carbocycles. The average Bonchev–Trinajstić information content (AvgIpc) is 2.38. The Balaban J connectivity index is 2.03. The summed E-state index contributed by atoms with van der Waals surface area (Å²) in [4.78, 5) is 4.50. The zero-order valence-corrected chi connectivity index (χ0v) is 12.8. The van der Waals surface area contributed by atoms with Crippen molar-refractivity contribution < 1.29 is 4.74 Å². The van der Waals surface area contributed by atoms with Gasteiger partial charge in [-0.3, -0.25) is 4.98 Å². The first-order chi connectivity index (χ1) is 9.19. The second-order valence-electron chi connectivity index (χ2n) is 4.01. The second kappa shape index (κ2) is 6.89. The fourth-order valence-electron chi connectivity index (χ4n) is 1.63. The summed E-state index contributed by atoms with van der Waals surface area (Å²) >= 11 is 9.30. The smallest absolute Gasteiger partial charge is 0.134 e. The van der Waals surface area contributed by atoms with Crippen LogP contribution in [0.5, 0.6) is 5.75 Å². The van der Waals surface area contributed by atoms with E-state index in [4.69, 9.17) is 16.3 Å². The number of ether oxygens (including phenoxy) is 1. The molecule has 2 rings (SSSR count). The highest BCUT2D eigenvalue weighted by Crippen LogP contribution is 2.28. The predicted molar refractivity (Wildman–Crippen MR) is 80.5 cm³/mol. The van der Waals surface area contributed by atoms with Crippen LogP contribution in [0.15, 0.2) is 40.9 Å². The lowest BCUT2D eigenvalue weighted by Gasteiger charge is -2.09. The number of benzene rings is 1. The molecule has 2 aromatic rings. The van der Waals surface area contributed by atoms with Crippen molar-refractivity contribution in [2.24, 2.45) is 0 Å². The Kier molecular flexibility index (Phi) is 5.19. The van der Waals surface area contributed by atoms with E-state index in [-0.39, 0.29) is 0 Å². The van der Waals surface area contributed by atoms with Gasteiger partial charge in [-0.1, -0.05) is 17.7 Å². The maximum Gasteiger partial charge on any atom is 0.134 e. The van der Waals surface area contributed by atoms with Gasteiger partial charge in [-0.2, -0.15) is 0 Å². The van der Waals surface area contributed by atoms with Gasteiger partial charge in [-0.25, -0.2) is 0 Å². The number of halogens is 2. The largest absolute Gasteiger partial charge is 0.486 e. The van der Waals surface area contributed by atoms with Crippen LogP contribution < -0.4 is 10.1 Å². The van der Waals surface area contributed by atoms with Crippen molar-refractivity contribution in [1.82, 2.24) is 10.3 Å². The number of aromatic nitrogens is 1. The Bertz CT molecular complexity index is 563. The van der Waals surface area contributed by atoms with E-state index >= 15 is 0 Å². The molecule has 100 valence electrons. The van der Waals surface area contributed by atoms with Crippen molar-refractivity contribution >= 4 is 27.5 Å². The Morgan fingerprint density at radius 1 is 1.26 bits per heavy atom. The van der Waals surface area contributed by atoms with Gasteiger partial charge in [0, 0.05) is 11.6 Å². The van der Waals surface area contributed by atoms with E-state index < -0.39 is 0 Å². The molecule has 0 saturated heterocycles. The maximum absolute atomic E-state index is 5.88. The zero-order valence-electron chi connectivity index (χ0n) is 10.5. The summed E-state index contributed by atoms with van der Waals surface area (Å²) in [6.07, 6.45) is 0. The van der Waals surface area contributed by atoms with Gasteiger partial charge in [0.1, 0.15) is 12.4 Å². The molecule has 1 heterocycles. The number of hydrogen-bond donors (Lipinski definition) is 1. The van der Waals surface area contributed by atoms with Crippen LogP contribution in [0, 0.1) is 0 Å². The first-order valence-corrected chi connectivity index (χ1v) is 7.03. The fraction of sp³-hybridized carbons (Fsp3) is 0.214. The first-order valence-electron chi connectivity index (χ1n) is 5.86. The molecule has 1 aromatic heterocycles. The Hall–Kier alpha value is -1.10. The molecule has 0 bridgehead atoms. The molecule has 0 atom stereocenters. The lowest BCUT2D eigenvalue weighted by atomic mass is 10.3. The van der Waals surface area contributed by atoms with Crippen molar-refractivity contribution in [2.45, 2.75) is 13.2 Å². The molecule has 1 aromatic carbocycles. The first kappa shape index (κ1) is 14.3. The molecule has 0 aliphatic heterocycles. The Labute approximate surface area is 126 Å². The number of rotatable bonds is 5. The van der Waals surface area contributed by atoms with Crippen LogP contribution in [-0.2, 0) is 13.2 Å². The second-order valence-corrected chi connectivity index (χ2v) is 5.30. The van der Waals surface area contributed by atoms with E-state index in [9.17, 15) is 0 Å². The van der Waals surface area contributed by atoms with Gasteiger partial charge in [0.25, 0.3) is 0 Å². The normalized spacial score (nSPS) is 10.5. The zero-order chi connectivity index (χ0) is 13.7. The molecule has 1 N–H and O–H groups in total. The summed E-state index contributed by atoms with van der Waals surface area (Å²) < 4.78 is 6.56. The molecular weight excluding hydrogens is 328 g/mol. The van der Waals surface area contributed by atoms with E-state index in [1.807, 2.05) is 37.4 Å². The Morgan fingerprint density at radius 3 is 2.79 bits per heavy atom. The minimum absolute atomic E-state index is 0.428. The molecule has 0 radical (unpaired) electrons. The van der Waals surface area contributed by atoms with E-state index in [0.717, 1.165) is 28.2 Å². The molecule has 0 aliphatic rings. The van der Waals surface area contributed by atoms with E-state index in [0.29, 0.717) is 11.6 Å². The third-order valence-electron chi connectivity index (χ3n) is 2.49. The monoisotopic (exact) mass is 340 g/mol. The fourth-order valence-corrected chi connectivity index (χ4v) is 2.43. The van der Waals surface area contributed by atoms with Gasteiger partial charge in [-0.15, -0.1) is 0 Å². The van der Waals surface area contributed by atoms with Crippen LogP contribution >= 0.6 is 27.5 Å². The molecule has 0 amide bonds. The van der Waals surface area contributed by atoms with Crippen LogP contribution in [0.3, 0.4) is 0 Å². The molecule has 5 heteroatoms. The summed E-state index contributed by atoms with van der Waals surface area (Å²) in [7, 11) is 1.90. The van der Waals surface area contributed by atoms with Crippen molar-refractivity contribution in [3.63, 3.8) is 0 Å². The van der Waals surface area contributed by atoms with Crippen LogP contribution in [-0.4, -0.2) is 12.0 Å². The lowest BCUT2D eigenvalue weighted by molar-refractivity contribution is 0.299. The SMILES string of the molecule is CNCc1cccc(COc2ccc(Cl)cc2Br)n1. The minimum atomic E-state index is 0.428. The minimum Gasteiger partial charge on any atom is -0.486 e. The lowest BCUT2D eigenvalue weighted by Crippen LogP contribution is -2.08. The average molecular weight is 342 g/mol. The highest BCUT2D eigenvalue weighted by atomic mass is 79.9. The van der Waals surface area contributed by atoms with Crippen molar-refractivity contribution in [3.05, 3.63) is 57.3 Å². The van der Waals surface area contributed by atoms with Gasteiger partial charge in [0.05, 0.1) is 15.9 Å². The predicted octanol–water partition coefficient (Wildman–Crippen LogP) is 3.80. The standard InChI is InChI=1S/C14H14BrClN2O/c1-17-8-11-3-2-4-12(18-11)9-19-14-6-5-10(16)7-13(14)15/h2-7,17H,8-9H2,1H3. The summed E-state index contributed by atoms with van der Waals surface area (Å²) in [5.74, 6) is 0.755. The van der Waals surface area contributed by atoms with Crippen molar-refractivity contribution in [2.75, 3.05) is 7.05 Å². The molecule has 0 saturated carbocycles. The molecule has 3 nitrogen and oxygen atoms in total. The number of nitrogens with one attached hydrogen (secondary N) is 1. The van der Waals surface area contributed by atoms with E-state index in [1.165, 1.54) is 0 Å². The van der Waals surface area contributed by atoms with Crippen molar-refractivity contribution in [1.29, 1.82) is 0 Å². The quantitative estimate of drug-likeness (QED) is 0.898. The molecule has 0 fully saturated rings. The highest BCUT2D eigenvalue weighted by Gasteiger charge is 2.03. The summed E-state index contributed by atoms with van der Waals surface area (Å²) in [6, 6.07) is 11.4. The van der Waals surface area contributed by atoms with E-state index in [1.54, 1.807) is 6.07 Å². The molecule has 19 heavy (non-hydrogen) atoms. The number of hydrogen-bond acceptors (Lipinski definition) is 3. The number of nitrogens with zero attached hydrogens (tertiary/aromatic N) is 1. The van der Waals surface area contributed by atoms with E-state index in [2.05, 4.69) is 26.2 Å². The molecular formula is C14H14BrClN2O. The maximum atomic E-state index is 5.88. The van der Waals surface area contributed by atoms with Gasteiger partial charge in [-0.05, 0) is 53.3 Å². The van der Waals surface area contributed by atoms with Gasteiger partial charge in [0.15, 0.2) is 0 Å². The Morgan fingerprint density at radius 2 is 2.05 bits per heavy atom. The van der Waals surface area contributed by atoms with Gasteiger partial charge >= 0.3 is 0 Å².